The zero-order valence-corrected chi connectivity index (χ0v) is 11.5. The van der Waals surface area contributed by atoms with E-state index in [0.29, 0.717) is 6.04 Å². The van der Waals surface area contributed by atoms with Crippen molar-refractivity contribution in [2.75, 3.05) is 19.0 Å². The van der Waals surface area contributed by atoms with Crippen LogP contribution in [0.2, 0.25) is 0 Å². The molecule has 4 heteroatoms. The van der Waals surface area contributed by atoms with Crippen molar-refractivity contribution in [3.63, 3.8) is 0 Å². The van der Waals surface area contributed by atoms with Gasteiger partial charge >= 0.3 is 0 Å². The maximum Gasteiger partial charge on any atom is 0.123 e. The number of ether oxygens (including phenoxy) is 1. The van der Waals surface area contributed by atoms with E-state index in [1.165, 1.54) is 0 Å². The fourth-order valence-electron chi connectivity index (χ4n) is 1.81. The largest absolute Gasteiger partial charge is 0.383 e. The number of anilines is 1. The highest BCUT2D eigenvalue weighted by Crippen LogP contribution is 2.24. The second-order valence-corrected chi connectivity index (χ2v) is 5.02. The maximum atomic E-state index is 5.20. The van der Waals surface area contributed by atoms with Crippen LogP contribution in [0, 0.1) is 0 Å². The van der Waals surface area contributed by atoms with E-state index in [9.17, 15) is 0 Å². The molecule has 0 bridgehead atoms. The van der Waals surface area contributed by atoms with E-state index in [4.69, 9.17) is 4.74 Å². The van der Waals surface area contributed by atoms with Crippen LogP contribution in [0.15, 0.2) is 35.8 Å². The lowest BCUT2D eigenvalue weighted by molar-refractivity contribution is 0.184. The highest BCUT2D eigenvalue weighted by atomic mass is 32.1. The van der Waals surface area contributed by atoms with Crippen molar-refractivity contribution in [1.82, 2.24) is 4.98 Å². The highest BCUT2D eigenvalue weighted by Gasteiger charge is 2.06. The number of rotatable bonds is 6. The Balaban J connectivity index is 2.12. The summed E-state index contributed by atoms with van der Waals surface area (Å²) in [6.45, 7) is 2.87. The van der Waals surface area contributed by atoms with Crippen LogP contribution in [0.1, 0.15) is 13.3 Å². The Hall–Kier alpha value is -1.39. The van der Waals surface area contributed by atoms with Gasteiger partial charge in [0.15, 0.2) is 0 Å². The topological polar surface area (TPSA) is 34.1 Å². The molecule has 0 aliphatic rings. The molecule has 2 rings (SSSR count). The SMILES string of the molecule is CCC(COC)Nc1cccc(-c2nccs2)c1. The molecule has 0 aliphatic carbocycles. The van der Waals surface area contributed by atoms with E-state index < -0.39 is 0 Å². The third-order valence-electron chi connectivity index (χ3n) is 2.77. The molecule has 1 N–H and O–H groups in total. The normalized spacial score (nSPS) is 12.3. The molecule has 0 fully saturated rings. The minimum absolute atomic E-state index is 0.349. The van der Waals surface area contributed by atoms with Gasteiger partial charge in [-0.2, -0.15) is 0 Å². The van der Waals surface area contributed by atoms with E-state index in [2.05, 4.69) is 41.5 Å². The van der Waals surface area contributed by atoms with Crippen LogP contribution in [-0.4, -0.2) is 24.7 Å². The Morgan fingerprint density at radius 2 is 2.33 bits per heavy atom. The van der Waals surface area contributed by atoms with Gasteiger partial charge < -0.3 is 10.1 Å². The minimum Gasteiger partial charge on any atom is -0.383 e. The van der Waals surface area contributed by atoms with Gasteiger partial charge in [0.25, 0.3) is 0 Å². The molecule has 1 unspecified atom stereocenters. The van der Waals surface area contributed by atoms with Gasteiger partial charge in [-0.05, 0) is 18.6 Å². The van der Waals surface area contributed by atoms with Gasteiger partial charge in [0, 0.05) is 36.0 Å². The molecule has 2 aromatic rings. The molecule has 0 saturated heterocycles. The van der Waals surface area contributed by atoms with E-state index >= 15 is 0 Å². The molecule has 0 radical (unpaired) electrons. The predicted octanol–water partition coefficient (Wildman–Crippen LogP) is 3.65. The summed E-state index contributed by atoms with van der Waals surface area (Å²) in [4.78, 5) is 4.33. The Morgan fingerprint density at radius 3 is 3.00 bits per heavy atom. The van der Waals surface area contributed by atoms with Crippen molar-refractivity contribution in [2.45, 2.75) is 19.4 Å². The summed E-state index contributed by atoms with van der Waals surface area (Å²) in [5.41, 5.74) is 2.27. The molecule has 1 heterocycles. The van der Waals surface area contributed by atoms with E-state index in [1.54, 1.807) is 18.4 Å². The first-order valence-corrected chi connectivity index (χ1v) is 6.97. The number of methoxy groups -OCH3 is 1. The third-order valence-corrected chi connectivity index (χ3v) is 3.60. The molecule has 96 valence electrons. The van der Waals surface area contributed by atoms with Gasteiger partial charge in [0.05, 0.1) is 6.61 Å². The van der Waals surface area contributed by atoms with Crippen molar-refractivity contribution in [3.8, 4) is 10.6 Å². The van der Waals surface area contributed by atoms with Crippen LogP contribution >= 0.6 is 11.3 Å². The summed E-state index contributed by atoms with van der Waals surface area (Å²) in [6.07, 6.45) is 2.87. The van der Waals surface area contributed by atoms with Crippen LogP contribution in [-0.2, 0) is 4.74 Å². The quantitative estimate of drug-likeness (QED) is 0.863. The van der Waals surface area contributed by atoms with Gasteiger partial charge in [0.2, 0.25) is 0 Å². The first-order valence-electron chi connectivity index (χ1n) is 6.09. The van der Waals surface area contributed by atoms with Crippen molar-refractivity contribution < 1.29 is 4.74 Å². The van der Waals surface area contributed by atoms with Gasteiger partial charge in [-0.1, -0.05) is 19.1 Å². The van der Waals surface area contributed by atoms with Gasteiger partial charge in [-0.25, -0.2) is 4.98 Å². The van der Waals surface area contributed by atoms with Crippen LogP contribution < -0.4 is 5.32 Å². The summed E-state index contributed by atoms with van der Waals surface area (Å²) in [6, 6.07) is 8.70. The van der Waals surface area contributed by atoms with E-state index in [1.807, 2.05) is 11.6 Å². The zero-order valence-electron chi connectivity index (χ0n) is 10.7. The van der Waals surface area contributed by atoms with Gasteiger partial charge in [0.1, 0.15) is 5.01 Å². The highest BCUT2D eigenvalue weighted by molar-refractivity contribution is 7.13. The number of benzene rings is 1. The number of nitrogens with zero attached hydrogens (tertiary/aromatic N) is 1. The van der Waals surface area contributed by atoms with Crippen LogP contribution in [0.4, 0.5) is 5.69 Å². The zero-order chi connectivity index (χ0) is 12.8. The lowest BCUT2D eigenvalue weighted by atomic mass is 10.1. The van der Waals surface area contributed by atoms with Crippen molar-refractivity contribution in [2.24, 2.45) is 0 Å². The van der Waals surface area contributed by atoms with Crippen LogP contribution in [0.5, 0.6) is 0 Å². The number of hydrogen-bond acceptors (Lipinski definition) is 4. The fraction of sp³-hybridized carbons (Fsp3) is 0.357. The molecule has 0 saturated carbocycles. The average molecular weight is 262 g/mol. The van der Waals surface area contributed by atoms with Crippen molar-refractivity contribution in [1.29, 1.82) is 0 Å². The molecule has 0 amide bonds. The summed E-state index contributed by atoms with van der Waals surface area (Å²) in [5.74, 6) is 0. The Kier molecular flexibility index (Phi) is 4.73. The minimum atomic E-state index is 0.349. The van der Waals surface area contributed by atoms with Crippen LogP contribution in [0.3, 0.4) is 0 Å². The fourth-order valence-corrected chi connectivity index (χ4v) is 2.44. The van der Waals surface area contributed by atoms with Gasteiger partial charge in [-0.3, -0.25) is 0 Å². The summed E-state index contributed by atoms with van der Waals surface area (Å²) in [7, 11) is 1.73. The summed E-state index contributed by atoms with van der Waals surface area (Å²) >= 11 is 1.66. The average Bonchev–Trinajstić information content (AvgIpc) is 2.92. The first-order chi connectivity index (χ1) is 8.83. The number of thiazole rings is 1. The first kappa shape index (κ1) is 13.1. The third kappa shape index (κ3) is 3.31. The number of nitrogens with one attached hydrogen (secondary N) is 1. The molecular formula is C14H18N2OS. The Morgan fingerprint density at radius 1 is 1.44 bits per heavy atom. The molecule has 0 spiro atoms. The molecule has 1 atom stereocenters. The van der Waals surface area contributed by atoms with Crippen LogP contribution in [0.25, 0.3) is 10.6 Å². The number of hydrogen-bond donors (Lipinski definition) is 1. The lowest BCUT2D eigenvalue weighted by Gasteiger charge is -2.17. The molecule has 1 aromatic heterocycles. The summed E-state index contributed by atoms with van der Waals surface area (Å²) in [5, 5.41) is 6.53. The smallest absolute Gasteiger partial charge is 0.123 e. The molecule has 1 aromatic carbocycles. The maximum absolute atomic E-state index is 5.20. The van der Waals surface area contributed by atoms with E-state index in [0.717, 1.165) is 29.3 Å². The Bertz CT molecular complexity index is 470. The Labute approximate surface area is 112 Å². The number of aromatic nitrogens is 1. The monoisotopic (exact) mass is 262 g/mol. The lowest BCUT2D eigenvalue weighted by Crippen LogP contribution is -2.23. The molecule has 3 nitrogen and oxygen atoms in total. The standard InChI is InChI=1S/C14H18N2OS/c1-3-12(10-17-2)16-13-6-4-5-11(9-13)14-15-7-8-18-14/h4-9,12,16H,3,10H2,1-2H3. The van der Waals surface area contributed by atoms with Crippen molar-refractivity contribution in [3.05, 3.63) is 35.8 Å². The predicted molar refractivity (Wildman–Crippen MR) is 77.1 cm³/mol. The second-order valence-electron chi connectivity index (χ2n) is 4.12. The summed E-state index contributed by atoms with van der Waals surface area (Å²) < 4.78 is 5.20. The molecule has 0 aliphatic heterocycles. The van der Waals surface area contributed by atoms with E-state index in [-0.39, 0.29) is 0 Å². The van der Waals surface area contributed by atoms with Gasteiger partial charge in [-0.15, -0.1) is 11.3 Å². The van der Waals surface area contributed by atoms with Crippen molar-refractivity contribution >= 4 is 17.0 Å². The molecule has 18 heavy (non-hydrogen) atoms. The second kappa shape index (κ2) is 6.52. The molecular weight excluding hydrogens is 244 g/mol.